The third kappa shape index (κ3) is 3.41. The average molecular weight is 310 g/mol. The summed E-state index contributed by atoms with van der Waals surface area (Å²) in [5.74, 6) is 0.558. The van der Waals surface area contributed by atoms with E-state index >= 15 is 0 Å². The van der Waals surface area contributed by atoms with E-state index in [-0.39, 0.29) is 24.0 Å². The first-order chi connectivity index (χ1) is 9.58. The number of hydrogen-bond donors (Lipinski definition) is 0. The minimum absolute atomic E-state index is 0. The van der Waals surface area contributed by atoms with E-state index in [0.29, 0.717) is 5.92 Å². The van der Waals surface area contributed by atoms with Gasteiger partial charge in [0.25, 0.3) is 0 Å². The van der Waals surface area contributed by atoms with Crippen molar-refractivity contribution in [1.29, 1.82) is 0 Å². The van der Waals surface area contributed by atoms with Crippen LogP contribution in [-0.2, 0) is 11.2 Å². The molecule has 0 bridgehead atoms. The molecule has 2 aliphatic rings. The maximum Gasteiger partial charge on any atom is 0.338 e. The van der Waals surface area contributed by atoms with E-state index in [1.807, 2.05) is 18.2 Å². The molecule has 0 aliphatic carbocycles. The van der Waals surface area contributed by atoms with Gasteiger partial charge in [-0.3, -0.25) is 0 Å². The largest absolute Gasteiger partial charge is 0.455 e. The molecule has 0 aromatic heterocycles. The van der Waals surface area contributed by atoms with Crippen molar-refractivity contribution in [3.05, 3.63) is 35.4 Å². The lowest BCUT2D eigenvalue weighted by molar-refractivity contribution is -0.0576. The van der Waals surface area contributed by atoms with Crippen LogP contribution in [0.15, 0.2) is 24.3 Å². The molecule has 1 spiro atoms. The summed E-state index contributed by atoms with van der Waals surface area (Å²) in [5, 5.41) is 0. The predicted molar refractivity (Wildman–Crippen MR) is 86.1 cm³/mol. The first-order valence-corrected chi connectivity index (χ1v) is 7.62. The van der Waals surface area contributed by atoms with Gasteiger partial charge in [-0.2, -0.15) is 0 Å². The van der Waals surface area contributed by atoms with Crippen LogP contribution in [-0.4, -0.2) is 36.1 Å². The van der Waals surface area contributed by atoms with E-state index in [0.717, 1.165) is 50.0 Å². The maximum absolute atomic E-state index is 12.2. The highest BCUT2D eigenvalue weighted by Gasteiger charge is 2.42. The number of benzene rings is 1. The Morgan fingerprint density at radius 3 is 2.57 bits per heavy atom. The molecule has 1 aromatic rings. The fourth-order valence-electron chi connectivity index (χ4n) is 3.45. The highest BCUT2D eigenvalue weighted by atomic mass is 35.5. The number of carbonyl (C=O) groups excluding carboxylic acids is 1. The van der Waals surface area contributed by atoms with Gasteiger partial charge in [-0.15, -0.1) is 12.4 Å². The highest BCUT2D eigenvalue weighted by molar-refractivity contribution is 5.92. The Kier molecular flexibility index (Phi) is 4.95. The van der Waals surface area contributed by atoms with Crippen LogP contribution in [0.4, 0.5) is 0 Å². The first kappa shape index (κ1) is 16.3. The van der Waals surface area contributed by atoms with Gasteiger partial charge in [0.1, 0.15) is 5.60 Å². The molecule has 3 nitrogen and oxygen atoms in total. The van der Waals surface area contributed by atoms with Crippen molar-refractivity contribution in [3.8, 4) is 0 Å². The summed E-state index contributed by atoms with van der Waals surface area (Å²) < 4.78 is 5.83. The summed E-state index contributed by atoms with van der Waals surface area (Å²) in [6.45, 7) is 7.71. The number of fused-ring (bicyclic) bond motifs is 1. The normalized spacial score (nSPS) is 20.8. The van der Waals surface area contributed by atoms with Gasteiger partial charge in [-0.05, 0) is 17.5 Å². The van der Waals surface area contributed by atoms with E-state index in [9.17, 15) is 4.79 Å². The van der Waals surface area contributed by atoms with Crippen LogP contribution in [0, 0.1) is 5.92 Å². The molecule has 2 aliphatic heterocycles. The number of carbonyl (C=O) groups is 1. The Balaban J connectivity index is 0.00000161. The van der Waals surface area contributed by atoms with Crippen LogP contribution in [0.5, 0.6) is 0 Å². The monoisotopic (exact) mass is 309 g/mol. The van der Waals surface area contributed by atoms with E-state index in [1.54, 1.807) is 0 Å². The lowest BCUT2D eigenvalue weighted by Gasteiger charge is -2.44. The molecule has 1 fully saturated rings. The van der Waals surface area contributed by atoms with Gasteiger partial charge in [-0.25, -0.2) is 4.79 Å². The van der Waals surface area contributed by atoms with Crippen LogP contribution >= 0.6 is 12.4 Å². The third-order valence-electron chi connectivity index (χ3n) is 4.45. The average Bonchev–Trinajstić information content (AvgIpc) is 2.41. The smallest absolute Gasteiger partial charge is 0.338 e. The molecular formula is C17H24ClNO2. The van der Waals surface area contributed by atoms with Gasteiger partial charge < -0.3 is 9.64 Å². The number of piperidine rings is 1. The van der Waals surface area contributed by atoms with E-state index in [2.05, 4.69) is 24.8 Å². The van der Waals surface area contributed by atoms with Crippen molar-refractivity contribution in [1.82, 2.24) is 4.90 Å². The Bertz CT molecular complexity index is 507. The van der Waals surface area contributed by atoms with Crippen molar-refractivity contribution >= 4 is 18.4 Å². The highest BCUT2D eigenvalue weighted by Crippen LogP contribution is 2.36. The van der Waals surface area contributed by atoms with Crippen molar-refractivity contribution < 1.29 is 9.53 Å². The molecule has 0 radical (unpaired) electrons. The Morgan fingerprint density at radius 2 is 1.90 bits per heavy atom. The molecule has 0 atom stereocenters. The summed E-state index contributed by atoms with van der Waals surface area (Å²) >= 11 is 0. The fourth-order valence-corrected chi connectivity index (χ4v) is 3.45. The second-order valence-corrected chi connectivity index (χ2v) is 6.60. The van der Waals surface area contributed by atoms with Crippen molar-refractivity contribution in [3.63, 3.8) is 0 Å². The zero-order valence-corrected chi connectivity index (χ0v) is 13.6. The number of likely N-dealkylation sites (tertiary alicyclic amines) is 1. The van der Waals surface area contributed by atoms with Crippen LogP contribution in [0.2, 0.25) is 0 Å². The van der Waals surface area contributed by atoms with E-state index < -0.39 is 0 Å². The molecule has 0 unspecified atom stereocenters. The molecule has 0 amide bonds. The molecule has 0 N–H and O–H groups in total. The minimum atomic E-state index is -0.251. The molecule has 1 saturated heterocycles. The molecular weight excluding hydrogens is 286 g/mol. The number of nitrogens with zero attached hydrogens (tertiary/aromatic N) is 1. The predicted octanol–water partition coefficient (Wildman–Crippen LogP) is 3.31. The molecule has 3 rings (SSSR count). The Morgan fingerprint density at radius 1 is 1.24 bits per heavy atom. The van der Waals surface area contributed by atoms with Gasteiger partial charge in [0.15, 0.2) is 0 Å². The van der Waals surface area contributed by atoms with Crippen LogP contribution < -0.4 is 0 Å². The van der Waals surface area contributed by atoms with Crippen molar-refractivity contribution in [2.24, 2.45) is 5.92 Å². The lowest BCUT2D eigenvalue weighted by Crippen LogP contribution is -2.51. The maximum atomic E-state index is 12.2. The molecule has 4 heteroatoms. The van der Waals surface area contributed by atoms with Gasteiger partial charge in [0, 0.05) is 38.9 Å². The van der Waals surface area contributed by atoms with Gasteiger partial charge >= 0.3 is 5.97 Å². The summed E-state index contributed by atoms with van der Waals surface area (Å²) in [6, 6.07) is 7.86. The summed E-state index contributed by atoms with van der Waals surface area (Å²) in [4.78, 5) is 14.7. The quantitative estimate of drug-likeness (QED) is 0.785. The van der Waals surface area contributed by atoms with E-state index in [1.165, 1.54) is 0 Å². The van der Waals surface area contributed by atoms with Crippen molar-refractivity contribution in [2.75, 3.05) is 19.6 Å². The Labute approximate surface area is 133 Å². The topological polar surface area (TPSA) is 29.5 Å². The zero-order valence-electron chi connectivity index (χ0n) is 12.8. The molecule has 0 saturated carbocycles. The van der Waals surface area contributed by atoms with Crippen LogP contribution in [0.25, 0.3) is 0 Å². The lowest BCUT2D eigenvalue weighted by atomic mass is 9.81. The summed E-state index contributed by atoms with van der Waals surface area (Å²) in [6.07, 6.45) is 2.80. The second-order valence-electron chi connectivity index (χ2n) is 6.60. The molecule has 1 aromatic carbocycles. The zero-order chi connectivity index (χ0) is 14.2. The third-order valence-corrected chi connectivity index (χ3v) is 4.45. The molecule has 116 valence electrons. The standard InChI is InChI=1S/C17H23NO2.ClH/c1-13(2)12-18-9-7-17(8-10-18)11-14-5-3-4-6-15(14)16(19)20-17;/h3-6,13H,7-12H2,1-2H3;1H. The number of esters is 1. The van der Waals surface area contributed by atoms with Crippen LogP contribution in [0.1, 0.15) is 42.6 Å². The number of rotatable bonds is 2. The SMILES string of the molecule is CC(C)CN1CCC2(CC1)Cc1ccccc1C(=O)O2.Cl. The van der Waals surface area contributed by atoms with Gasteiger partial charge in [0.05, 0.1) is 5.56 Å². The van der Waals surface area contributed by atoms with Crippen molar-refractivity contribution in [2.45, 2.75) is 38.7 Å². The fraction of sp³-hybridized carbons (Fsp3) is 0.588. The summed E-state index contributed by atoms with van der Waals surface area (Å²) in [7, 11) is 0. The number of halogens is 1. The van der Waals surface area contributed by atoms with Gasteiger partial charge in [-0.1, -0.05) is 32.0 Å². The molecule has 2 heterocycles. The first-order valence-electron chi connectivity index (χ1n) is 7.62. The number of ether oxygens (including phenoxy) is 1. The molecule has 21 heavy (non-hydrogen) atoms. The van der Waals surface area contributed by atoms with Crippen LogP contribution in [0.3, 0.4) is 0 Å². The second kappa shape index (κ2) is 6.37. The minimum Gasteiger partial charge on any atom is -0.455 e. The van der Waals surface area contributed by atoms with Gasteiger partial charge in [0.2, 0.25) is 0 Å². The summed E-state index contributed by atoms with van der Waals surface area (Å²) in [5.41, 5.74) is 1.66. The van der Waals surface area contributed by atoms with E-state index in [4.69, 9.17) is 4.74 Å². The number of hydrogen-bond acceptors (Lipinski definition) is 3. The Hall–Kier alpha value is -1.06.